The Kier molecular flexibility index (Phi) is 6.00. The summed E-state index contributed by atoms with van der Waals surface area (Å²) in [6.45, 7) is 12.4. The van der Waals surface area contributed by atoms with Crippen LogP contribution >= 0.6 is 12.2 Å². The molecular weight excluding hydrogens is 308 g/mol. The molecule has 1 aromatic heterocycles. The van der Waals surface area contributed by atoms with E-state index in [1.165, 1.54) is 0 Å². The second-order valence-corrected chi connectivity index (χ2v) is 7.84. The number of H-pyrrole nitrogens is 1. The highest BCUT2D eigenvalue weighted by Crippen LogP contribution is 2.28. The highest BCUT2D eigenvalue weighted by atomic mass is 32.1. The van der Waals surface area contributed by atoms with Gasteiger partial charge in [0.05, 0.1) is 0 Å². The molecule has 1 saturated heterocycles. The molecule has 0 radical (unpaired) electrons. The fourth-order valence-corrected chi connectivity index (χ4v) is 3.51. The maximum atomic E-state index is 12.6. The first-order valence-electron chi connectivity index (χ1n) is 8.75. The first kappa shape index (κ1) is 18.2. The van der Waals surface area contributed by atoms with Crippen LogP contribution in [0.4, 0.5) is 0 Å². The van der Waals surface area contributed by atoms with E-state index in [-0.39, 0.29) is 17.9 Å². The number of carbonyl (C=O) groups excluding carboxylic acids is 1. The molecule has 6 heteroatoms. The molecule has 2 heterocycles. The number of nitrogens with zero attached hydrogens (tertiary/aromatic N) is 3. The monoisotopic (exact) mass is 338 g/mol. The van der Waals surface area contributed by atoms with Gasteiger partial charge in [-0.3, -0.25) is 9.89 Å². The highest BCUT2D eigenvalue weighted by Gasteiger charge is 2.29. The van der Waals surface area contributed by atoms with Crippen molar-refractivity contribution in [2.24, 2.45) is 11.8 Å². The zero-order valence-electron chi connectivity index (χ0n) is 15.0. The van der Waals surface area contributed by atoms with Gasteiger partial charge in [-0.25, -0.2) is 0 Å². The molecule has 1 N–H and O–H groups in total. The molecule has 0 aliphatic carbocycles. The van der Waals surface area contributed by atoms with Gasteiger partial charge in [-0.05, 0) is 50.7 Å². The van der Waals surface area contributed by atoms with Crippen molar-refractivity contribution in [3.8, 4) is 0 Å². The lowest BCUT2D eigenvalue weighted by atomic mass is 9.92. The van der Waals surface area contributed by atoms with Crippen LogP contribution in [0.5, 0.6) is 0 Å². The molecule has 23 heavy (non-hydrogen) atoms. The molecule has 0 unspecified atom stereocenters. The minimum Gasteiger partial charge on any atom is -0.342 e. The number of likely N-dealkylation sites (tertiary alicyclic amines) is 1. The van der Waals surface area contributed by atoms with Crippen molar-refractivity contribution in [2.45, 2.75) is 65.8 Å². The third-order valence-electron chi connectivity index (χ3n) is 5.02. The Labute approximate surface area is 144 Å². The largest absolute Gasteiger partial charge is 0.342 e. The van der Waals surface area contributed by atoms with Crippen molar-refractivity contribution in [2.75, 3.05) is 13.1 Å². The predicted octanol–water partition coefficient (Wildman–Crippen LogP) is 3.91. The van der Waals surface area contributed by atoms with Gasteiger partial charge in [0.1, 0.15) is 5.82 Å². The number of aromatic nitrogens is 3. The van der Waals surface area contributed by atoms with Crippen molar-refractivity contribution in [3.05, 3.63) is 10.6 Å². The van der Waals surface area contributed by atoms with Crippen molar-refractivity contribution in [1.82, 2.24) is 19.7 Å². The molecule has 1 fully saturated rings. The van der Waals surface area contributed by atoms with Crippen LogP contribution in [0.1, 0.15) is 71.7 Å². The Balaban J connectivity index is 2.09. The summed E-state index contributed by atoms with van der Waals surface area (Å²) in [7, 11) is 0. The van der Waals surface area contributed by atoms with Crippen LogP contribution in [0, 0.1) is 16.6 Å². The highest BCUT2D eigenvalue weighted by molar-refractivity contribution is 7.71. The van der Waals surface area contributed by atoms with Crippen molar-refractivity contribution >= 4 is 18.1 Å². The SMILES string of the molecule is CC(C)[C@@H](C)CC(=O)N1CCC[C@@H](c2n[nH]c(=S)n2C(C)C)C1. The van der Waals surface area contributed by atoms with Crippen LogP contribution < -0.4 is 0 Å². The molecule has 2 atom stereocenters. The van der Waals surface area contributed by atoms with E-state index in [2.05, 4.69) is 49.4 Å². The Morgan fingerprint density at radius 3 is 2.65 bits per heavy atom. The number of piperidine rings is 1. The van der Waals surface area contributed by atoms with Gasteiger partial charge in [0, 0.05) is 31.5 Å². The van der Waals surface area contributed by atoms with Gasteiger partial charge < -0.3 is 9.47 Å². The number of aromatic amines is 1. The van der Waals surface area contributed by atoms with E-state index in [4.69, 9.17) is 12.2 Å². The zero-order chi connectivity index (χ0) is 17.1. The quantitative estimate of drug-likeness (QED) is 0.828. The third-order valence-corrected chi connectivity index (χ3v) is 5.31. The van der Waals surface area contributed by atoms with Gasteiger partial charge in [0.2, 0.25) is 5.91 Å². The smallest absolute Gasteiger partial charge is 0.222 e. The topological polar surface area (TPSA) is 53.9 Å². The number of hydrogen-bond donors (Lipinski definition) is 1. The number of amides is 1. The summed E-state index contributed by atoms with van der Waals surface area (Å²) >= 11 is 5.35. The first-order chi connectivity index (χ1) is 10.8. The van der Waals surface area contributed by atoms with Gasteiger partial charge >= 0.3 is 0 Å². The summed E-state index contributed by atoms with van der Waals surface area (Å²) in [5.74, 6) is 2.52. The van der Waals surface area contributed by atoms with E-state index in [0.29, 0.717) is 23.0 Å². The van der Waals surface area contributed by atoms with E-state index in [1.54, 1.807) is 0 Å². The zero-order valence-corrected chi connectivity index (χ0v) is 15.8. The number of rotatable bonds is 5. The Morgan fingerprint density at radius 2 is 2.04 bits per heavy atom. The summed E-state index contributed by atoms with van der Waals surface area (Å²) in [6, 6.07) is 0.281. The van der Waals surface area contributed by atoms with Crippen molar-refractivity contribution in [1.29, 1.82) is 0 Å². The summed E-state index contributed by atoms with van der Waals surface area (Å²) in [6.07, 6.45) is 2.74. The lowest BCUT2D eigenvalue weighted by molar-refractivity contribution is -0.133. The Hall–Kier alpha value is -1.17. The van der Waals surface area contributed by atoms with Crippen LogP contribution in [0.2, 0.25) is 0 Å². The fraction of sp³-hybridized carbons (Fsp3) is 0.824. The summed E-state index contributed by atoms with van der Waals surface area (Å²) in [4.78, 5) is 14.6. The number of carbonyl (C=O) groups is 1. The molecule has 130 valence electrons. The molecule has 1 aliphatic heterocycles. The average Bonchev–Trinajstić information content (AvgIpc) is 2.89. The second kappa shape index (κ2) is 7.60. The maximum Gasteiger partial charge on any atom is 0.222 e. The van der Waals surface area contributed by atoms with Crippen LogP contribution in [0.3, 0.4) is 0 Å². The number of nitrogens with one attached hydrogen (secondary N) is 1. The van der Waals surface area contributed by atoms with Crippen LogP contribution in [0.25, 0.3) is 0 Å². The molecular formula is C17H30N4OS. The van der Waals surface area contributed by atoms with Crippen molar-refractivity contribution < 1.29 is 4.79 Å². The van der Waals surface area contributed by atoms with Gasteiger partial charge in [0.15, 0.2) is 4.77 Å². The van der Waals surface area contributed by atoms with Gasteiger partial charge in [-0.1, -0.05) is 20.8 Å². The molecule has 0 bridgehead atoms. The van der Waals surface area contributed by atoms with E-state index >= 15 is 0 Å². The standard InChI is InChI=1S/C17H30N4OS/c1-11(2)13(5)9-15(22)20-8-6-7-14(10-20)16-18-19-17(23)21(16)12(3)4/h11-14H,6-10H2,1-5H3,(H,19,23)/t13-,14+/m0/s1. The van der Waals surface area contributed by atoms with E-state index < -0.39 is 0 Å². The van der Waals surface area contributed by atoms with Crippen LogP contribution in [-0.4, -0.2) is 38.7 Å². The molecule has 2 rings (SSSR count). The fourth-order valence-electron chi connectivity index (χ4n) is 3.16. The molecule has 5 nitrogen and oxygen atoms in total. The normalized spacial score (nSPS) is 20.3. The minimum atomic E-state index is 0.275. The van der Waals surface area contributed by atoms with E-state index in [0.717, 1.165) is 31.8 Å². The number of hydrogen-bond acceptors (Lipinski definition) is 3. The minimum absolute atomic E-state index is 0.275. The summed E-state index contributed by atoms with van der Waals surface area (Å²) in [5, 5.41) is 7.37. The molecule has 1 amide bonds. The van der Waals surface area contributed by atoms with Crippen molar-refractivity contribution in [3.63, 3.8) is 0 Å². The lowest BCUT2D eigenvalue weighted by Gasteiger charge is -2.33. The maximum absolute atomic E-state index is 12.6. The van der Waals surface area contributed by atoms with Gasteiger partial charge in [-0.15, -0.1) is 0 Å². The second-order valence-electron chi connectivity index (χ2n) is 7.46. The molecule has 1 aliphatic rings. The summed E-state index contributed by atoms with van der Waals surface area (Å²) < 4.78 is 2.76. The molecule has 1 aromatic rings. The molecule has 0 spiro atoms. The lowest BCUT2D eigenvalue weighted by Crippen LogP contribution is -2.40. The van der Waals surface area contributed by atoms with Gasteiger partial charge in [0.25, 0.3) is 0 Å². The molecule has 0 aromatic carbocycles. The predicted molar refractivity (Wildman–Crippen MR) is 95.0 cm³/mol. The van der Waals surface area contributed by atoms with Crippen LogP contribution in [0.15, 0.2) is 0 Å². The Morgan fingerprint density at radius 1 is 1.35 bits per heavy atom. The average molecular weight is 339 g/mol. The van der Waals surface area contributed by atoms with E-state index in [9.17, 15) is 4.79 Å². The first-order valence-corrected chi connectivity index (χ1v) is 9.16. The Bertz CT molecular complexity index is 590. The summed E-state index contributed by atoms with van der Waals surface area (Å²) in [5.41, 5.74) is 0. The van der Waals surface area contributed by atoms with Crippen LogP contribution in [-0.2, 0) is 4.79 Å². The third kappa shape index (κ3) is 4.22. The van der Waals surface area contributed by atoms with Gasteiger partial charge in [-0.2, -0.15) is 5.10 Å². The van der Waals surface area contributed by atoms with E-state index in [1.807, 2.05) is 4.90 Å². The molecule has 0 saturated carbocycles.